The van der Waals surface area contributed by atoms with E-state index in [0.717, 1.165) is 34.2 Å². The molecule has 0 spiro atoms. The largest absolute Gasteiger partial charge is 0.456 e. The number of fused-ring (bicyclic) bond motifs is 6. The molecular formula is C42H38N4O. The Morgan fingerprint density at radius 3 is 2.17 bits per heavy atom. The van der Waals surface area contributed by atoms with Crippen LogP contribution in [-0.2, 0) is 12.0 Å². The number of furan rings is 1. The zero-order chi connectivity index (χ0) is 32.4. The fraction of sp³-hybridized carbons (Fsp3) is 0.119. The quantitative estimate of drug-likeness (QED) is 0.0623. The second-order valence-corrected chi connectivity index (χ2v) is 12.5. The number of nitrogens with one attached hydrogen (secondary N) is 3. The Hall–Kier alpha value is -5.65. The van der Waals surface area contributed by atoms with E-state index in [1.165, 1.54) is 38.9 Å². The molecule has 0 unspecified atom stereocenters. The molecular weight excluding hydrogens is 576 g/mol. The van der Waals surface area contributed by atoms with Crippen molar-refractivity contribution >= 4 is 33.5 Å². The van der Waals surface area contributed by atoms with Crippen LogP contribution in [0.15, 0.2) is 144 Å². The van der Waals surface area contributed by atoms with Crippen molar-refractivity contribution in [2.45, 2.75) is 25.8 Å². The number of hydrogen-bond acceptors (Lipinski definition) is 4. The molecule has 1 aromatic heterocycles. The first-order chi connectivity index (χ1) is 22.9. The van der Waals surface area contributed by atoms with E-state index in [0.29, 0.717) is 12.2 Å². The summed E-state index contributed by atoms with van der Waals surface area (Å²) in [5.41, 5.74) is 18.3. The lowest BCUT2D eigenvalue weighted by atomic mass is 9.81. The van der Waals surface area contributed by atoms with Gasteiger partial charge in [0.05, 0.1) is 6.67 Å². The molecule has 5 heteroatoms. The zero-order valence-corrected chi connectivity index (χ0v) is 26.7. The zero-order valence-electron chi connectivity index (χ0n) is 26.7. The van der Waals surface area contributed by atoms with Gasteiger partial charge in [0.15, 0.2) is 0 Å². The summed E-state index contributed by atoms with van der Waals surface area (Å²) in [7, 11) is 0. The molecule has 8 rings (SSSR count). The normalized spacial score (nSPS) is 12.6. The molecule has 47 heavy (non-hydrogen) atoms. The molecule has 0 saturated heterocycles. The van der Waals surface area contributed by atoms with Gasteiger partial charge in [0, 0.05) is 39.5 Å². The van der Waals surface area contributed by atoms with Gasteiger partial charge < -0.3 is 15.5 Å². The Balaban J connectivity index is 0.000000183. The minimum absolute atomic E-state index is 0.0154. The minimum atomic E-state index is 0.0154. The molecule has 1 aliphatic rings. The molecule has 7 aromatic rings. The van der Waals surface area contributed by atoms with Gasteiger partial charge in [-0.1, -0.05) is 123 Å². The molecule has 5 nitrogen and oxygen atoms in total. The van der Waals surface area contributed by atoms with Crippen molar-refractivity contribution in [2.75, 3.05) is 12.0 Å². The number of hydrogen-bond donors (Lipinski definition) is 4. The summed E-state index contributed by atoms with van der Waals surface area (Å²) in [5, 5.41) is 16.6. The van der Waals surface area contributed by atoms with E-state index in [1.54, 1.807) is 6.07 Å². The van der Waals surface area contributed by atoms with Crippen LogP contribution >= 0.6 is 0 Å². The molecule has 6 aromatic carbocycles. The molecule has 1 aliphatic carbocycles. The Kier molecular flexibility index (Phi) is 8.07. The molecule has 0 bridgehead atoms. The number of para-hydroxylation sites is 2. The third-order valence-electron chi connectivity index (χ3n) is 9.09. The van der Waals surface area contributed by atoms with Crippen LogP contribution in [0.5, 0.6) is 0 Å². The molecule has 0 saturated carbocycles. The Labute approximate surface area is 275 Å². The van der Waals surface area contributed by atoms with Crippen molar-refractivity contribution in [3.8, 4) is 22.3 Å². The summed E-state index contributed by atoms with van der Waals surface area (Å²) in [4.78, 5) is 0. The van der Waals surface area contributed by atoms with Crippen LogP contribution in [0, 0.1) is 5.41 Å². The van der Waals surface area contributed by atoms with Crippen molar-refractivity contribution in [3.05, 3.63) is 162 Å². The summed E-state index contributed by atoms with van der Waals surface area (Å²) >= 11 is 0. The molecule has 0 amide bonds. The molecule has 0 atom stereocenters. The molecule has 232 valence electrons. The Bertz CT molecular complexity index is 2210. The summed E-state index contributed by atoms with van der Waals surface area (Å²) in [5.74, 6) is 0.0577. The van der Waals surface area contributed by atoms with E-state index < -0.39 is 0 Å². The lowest BCUT2D eigenvalue weighted by Gasteiger charge is -2.22. The standard InChI is InChI=1S/C29H28N2.C13H10N2O/c1-29(2)26-14-8-6-13-24(26)25-17-16-22(18-27(25)29)23-12-7-9-15-28(23)31-20-30-19-21-10-4-3-5-11-21;14-13(15)8-5-6-10-9-3-1-2-4-11(9)16-12(10)7-8/h3-18,30-31H,19-20H2,1-2H3;1-7H,(H3,14,15). The number of anilines is 1. The molecule has 1 heterocycles. The van der Waals surface area contributed by atoms with E-state index in [9.17, 15) is 0 Å². The lowest BCUT2D eigenvalue weighted by Crippen LogP contribution is -2.21. The monoisotopic (exact) mass is 614 g/mol. The minimum Gasteiger partial charge on any atom is -0.456 e. The fourth-order valence-corrected chi connectivity index (χ4v) is 6.61. The first-order valence-electron chi connectivity index (χ1n) is 16.0. The van der Waals surface area contributed by atoms with Crippen molar-refractivity contribution in [1.82, 2.24) is 5.32 Å². The average Bonchev–Trinajstić information content (AvgIpc) is 3.59. The third-order valence-corrected chi connectivity index (χ3v) is 9.09. The maximum absolute atomic E-state index is 7.38. The summed E-state index contributed by atoms with van der Waals surface area (Å²) < 4.78 is 5.69. The van der Waals surface area contributed by atoms with Crippen LogP contribution < -0.4 is 16.4 Å². The van der Waals surface area contributed by atoms with Crippen molar-refractivity contribution in [2.24, 2.45) is 5.73 Å². The number of rotatable bonds is 7. The maximum Gasteiger partial charge on any atom is 0.136 e. The average molecular weight is 615 g/mol. The van der Waals surface area contributed by atoms with Crippen molar-refractivity contribution in [3.63, 3.8) is 0 Å². The fourth-order valence-electron chi connectivity index (χ4n) is 6.61. The number of nitrogen functional groups attached to an aromatic ring is 1. The summed E-state index contributed by atoms with van der Waals surface area (Å²) in [6, 6.07) is 48.3. The van der Waals surface area contributed by atoms with Gasteiger partial charge in [-0.3, -0.25) is 10.7 Å². The van der Waals surface area contributed by atoms with E-state index in [2.05, 4.69) is 122 Å². The second-order valence-electron chi connectivity index (χ2n) is 12.5. The van der Waals surface area contributed by atoms with Gasteiger partial charge in [-0.2, -0.15) is 0 Å². The SMILES string of the molecule is CC1(C)c2ccccc2-c2ccc(-c3ccccc3NCNCc3ccccc3)cc21.N=C(N)c1ccc2c(c1)oc1ccccc12. The highest BCUT2D eigenvalue weighted by atomic mass is 16.3. The van der Waals surface area contributed by atoms with Gasteiger partial charge in [0.2, 0.25) is 0 Å². The summed E-state index contributed by atoms with van der Waals surface area (Å²) in [6.07, 6.45) is 0. The van der Waals surface area contributed by atoms with Crippen LogP contribution in [0.25, 0.3) is 44.2 Å². The Morgan fingerprint density at radius 2 is 1.34 bits per heavy atom. The van der Waals surface area contributed by atoms with E-state index in [1.807, 2.05) is 36.4 Å². The van der Waals surface area contributed by atoms with Gasteiger partial charge in [-0.25, -0.2) is 0 Å². The van der Waals surface area contributed by atoms with E-state index in [4.69, 9.17) is 15.6 Å². The van der Waals surface area contributed by atoms with Crippen LogP contribution in [0.1, 0.15) is 36.1 Å². The third kappa shape index (κ3) is 5.89. The first kappa shape index (κ1) is 30.0. The van der Waals surface area contributed by atoms with Gasteiger partial charge in [-0.05, 0) is 63.7 Å². The van der Waals surface area contributed by atoms with E-state index in [-0.39, 0.29) is 11.3 Å². The molecule has 0 fully saturated rings. The topological polar surface area (TPSA) is 87.1 Å². The van der Waals surface area contributed by atoms with Crippen molar-refractivity contribution < 1.29 is 4.42 Å². The first-order valence-corrected chi connectivity index (χ1v) is 16.0. The van der Waals surface area contributed by atoms with Crippen LogP contribution in [0.2, 0.25) is 0 Å². The highest BCUT2D eigenvalue weighted by Crippen LogP contribution is 2.49. The number of nitrogens with two attached hydrogens (primary N) is 1. The predicted molar refractivity (Wildman–Crippen MR) is 196 cm³/mol. The highest BCUT2D eigenvalue weighted by Gasteiger charge is 2.35. The smallest absolute Gasteiger partial charge is 0.136 e. The van der Waals surface area contributed by atoms with Gasteiger partial charge in [0.1, 0.15) is 17.0 Å². The van der Waals surface area contributed by atoms with Gasteiger partial charge in [0.25, 0.3) is 0 Å². The molecule has 5 N–H and O–H groups in total. The van der Waals surface area contributed by atoms with Crippen LogP contribution in [0.4, 0.5) is 5.69 Å². The molecule has 0 radical (unpaired) electrons. The second kappa shape index (κ2) is 12.6. The van der Waals surface area contributed by atoms with Crippen molar-refractivity contribution in [1.29, 1.82) is 5.41 Å². The van der Waals surface area contributed by atoms with Crippen LogP contribution in [-0.4, -0.2) is 12.5 Å². The van der Waals surface area contributed by atoms with E-state index >= 15 is 0 Å². The number of amidine groups is 1. The summed E-state index contributed by atoms with van der Waals surface area (Å²) in [6.45, 7) is 6.23. The van der Waals surface area contributed by atoms with Gasteiger partial charge >= 0.3 is 0 Å². The molecule has 0 aliphatic heterocycles. The Morgan fingerprint density at radius 1 is 0.660 bits per heavy atom. The maximum atomic E-state index is 7.38. The highest BCUT2D eigenvalue weighted by molar-refractivity contribution is 6.07. The van der Waals surface area contributed by atoms with Crippen LogP contribution in [0.3, 0.4) is 0 Å². The van der Waals surface area contributed by atoms with Gasteiger partial charge in [-0.15, -0.1) is 0 Å². The number of benzene rings is 6. The predicted octanol–water partition coefficient (Wildman–Crippen LogP) is 9.69. The lowest BCUT2D eigenvalue weighted by molar-refractivity contribution is 0.660.